The number of benzene rings is 1. The van der Waals surface area contributed by atoms with Gasteiger partial charge in [0.2, 0.25) is 0 Å². The Kier molecular flexibility index (Phi) is 12.3. The molecular formula is C24H40N2O3. The Hall–Kier alpha value is -1.75. The van der Waals surface area contributed by atoms with Gasteiger partial charge >= 0.3 is 6.09 Å². The molecule has 1 aliphatic rings. The summed E-state index contributed by atoms with van der Waals surface area (Å²) in [4.78, 5) is 14.5. The van der Waals surface area contributed by atoms with E-state index in [1.807, 2.05) is 24.3 Å². The van der Waals surface area contributed by atoms with Gasteiger partial charge < -0.3 is 9.47 Å². The predicted octanol–water partition coefficient (Wildman–Crippen LogP) is 6.24. The quantitative estimate of drug-likeness (QED) is 0.373. The number of carbonyl (C=O) groups excluding carboxylic acids is 1. The van der Waals surface area contributed by atoms with Crippen molar-refractivity contribution in [1.29, 1.82) is 0 Å². The highest BCUT2D eigenvalue weighted by molar-refractivity contribution is 5.86. The number of likely N-dealkylation sites (tertiary alicyclic amines) is 1. The lowest BCUT2D eigenvalue weighted by Gasteiger charge is -2.25. The maximum Gasteiger partial charge on any atom is 0.411 e. The largest absolute Gasteiger partial charge is 0.491 e. The second kappa shape index (κ2) is 15.1. The average molecular weight is 405 g/mol. The fourth-order valence-corrected chi connectivity index (χ4v) is 3.71. The van der Waals surface area contributed by atoms with Gasteiger partial charge in [-0.05, 0) is 44.5 Å². The summed E-state index contributed by atoms with van der Waals surface area (Å²) in [6.45, 7) is 6.38. The van der Waals surface area contributed by atoms with Crippen molar-refractivity contribution in [2.24, 2.45) is 0 Å². The van der Waals surface area contributed by atoms with Crippen LogP contribution in [0.4, 0.5) is 10.5 Å². The Morgan fingerprint density at radius 1 is 0.931 bits per heavy atom. The Morgan fingerprint density at radius 3 is 2.38 bits per heavy atom. The van der Waals surface area contributed by atoms with Gasteiger partial charge in [-0.2, -0.15) is 0 Å². The van der Waals surface area contributed by atoms with Crippen molar-refractivity contribution in [3.8, 4) is 5.75 Å². The summed E-state index contributed by atoms with van der Waals surface area (Å²) in [7, 11) is 0. The van der Waals surface area contributed by atoms with Crippen LogP contribution in [0.5, 0.6) is 5.75 Å². The van der Waals surface area contributed by atoms with E-state index in [0.29, 0.717) is 24.7 Å². The molecule has 0 bridgehead atoms. The first-order valence-electron chi connectivity index (χ1n) is 11.7. The number of hydrogen-bond donors (Lipinski definition) is 1. The second-order valence-corrected chi connectivity index (χ2v) is 7.98. The number of amides is 1. The number of piperidine rings is 1. The molecule has 0 unspecified atom stereocenters. The maximum absolute atomic E-state index is 12.1. The lowest BCUT2D eigenvalue weighted by Crippen LogP contribution is -2.33. The normalized spacial score (nSPS) is 14.5. The zero-order valence-corrected chi connectivity index (χ0v) is 18.3. The molecule has 2 rings (SSSR count). The molecule has 164 valence electrons. The van der Waals surface area contributed by atoms with Gasteiger partial charge in [0.1, 0.15) is 12.4 Å². The van der Waals surface area contributed by atoms with Gasteiger partial charge in [0.25, 0.3) is 0 Å². The summed E-state index contributed by atoms with van der Waals surface area (Å²) in [6.07, 6.45) is 13.6. The molecule has 1 heterocycles. The third-order valence-electron chi connectivity index (χ3n) is 5.47. The van der Waals surface area contributed by atoms with Crippen molar-refractivity contribution in [2.75, 3.05) is 38.2 Å². The SMILES string of the molecule is CCCCCCCCCCOc1ccccc1NC(=O)OCCN1CCCCC1. The van der Waals surface area contributed by atoms with Crippen LogP contribution < -0.4 is 10.1 Å². The predicted molar refractivity (Wildman–Crippen MR) is 120 cm³/mol. The molecule has 1 fully saturated rings. The summed E-state index contributed by atoms with van der Waals surface area (Å²) >= 11 is 0. The maximum atomic E-state index is 12.1. The molecule has 1 aromatic rings. The Balaban J connectivity index is 1.60. The zero-order valence-electron chi connectivity index (χ0n) is 18.3. The highest BCUT2D eigenvalue weighted by atomic mass is 16.5. The summed E-state index contributed by atoms with van der Waals surface area (Å²) in [5.41, 5.74) is 0.676. The first-order valence-corrected chi connectivity index (χ1v) is 11.7. The van der Waals surface area contributed by atoms with E-state index in [9.17, 15) is 4.79 Å². The summed E-state index contributed by atoms with van der Waals surface area (Å²) in [6, 6.07) is 7.57. The van der Waals surface area contributed by atoms with Crippen LogP contribution in [-0.2, 0) is 4.74 Å². The first kappa shape index (κ1) is 23.5. The molecular weight excluding hydrogens is 364 g/mol. The van der Waals surface area contributed by atoms with E-state index < -0.39 is 6.09 Å². The van der Waals surface area contributed by atoms with Gasteiger partial charge in [-0.1, -0.05) is 70.4 Å². The molecule has 1 saturated heterocycles. The first-order chi connectivity index (χ1) is 14.3. The molecule has 0 radical (unpaired) electrons. The molecule has 0 spiro atoms. The Labute approximate surface area is 177 Å². The third-order valence-corrected chi connectivity index (χ3v) is 5.47. The number of ether oxygens (including phenoxy) is 2. The van der Waals surface area contributed by atoms with Crippen LogP contribution in [-0.4, -0.2) is 43.8 Å². The topological polar surface area (TPSA) is 50.8 Å². The van der Waals surface area contributed by atoms with Crippen molar-refractivity contribution in [2.45, 2.75) is 77.6 Å². The van der Waals surface area contributed by atoms with Gasteiger partial charge in [-0.3, -0.25) is 10.2 Å². The van der Waals surface area contributed by atoms with Crippen LogP contribution in [0, 0.1) is 0 Å². The van der Waals surface area contributed by atoms with Crippen molar-refractivity contribution >= 4 is 11.8 Å². The summed E-state index contributed by atoms with van der Waals surface area (Å²) in [5, 5.41) is 2.82. The molecule has 1 aliphatic heterocycles. The van der Waals surface area contributed by atoms with Crippen molar-refractivity contribution < 1.29 is 14.3 Å². The van der Waals surface area contributed by atoms with E-state index in [-0.39, 0.29) is 0 Å². The molecule has 1 N–H and O–H groups in total. The molecule has 0 atom stereocenters. The molecule has 0 saturated carbocycles. The van der Waals surface area contributed by atoms with E-state index in [0.717, 1.165) is 26.1 Å². The fourth-order valence-electron chi connectivity index (χ4n) is 3.71. The summed E-state index contributed by atoms with van der Waals surface area (Å²) in [5.74, 6) is 0.712. The second-order valence-electron chi connectivity index (χ2n) is 7.98. The van der Waals surface area contributed by atoms with E-state index in [4.69, 9.17) is 9.47 Å². The lowest BCUT2D eigenvalue weighted by atomic mass is 10.1. The van der Waals surface area contributed by atoms with Crippen molar-refractivity contribution in [3.63, 3.8) is 0 Å². The van der Waals surface area contributed by atoms with E-state index >= 15 is 0 Å². The lowest BCUT2D eigenvalue weighted by molar-refractivity contribution is 0.131. The molecule has 0 aromatic heterocycles. The smallest absolute Gasteiger partial charge is 0.411 e. The minimum atomic E-state index is -0.412. The van der Waals surface area contributed by atoms with Gasteiger partial charge in [-0.25, -0.2) is 4.79 Å². The van der Waals surface area contributed by atoms with Crippen LogP contribution >= 0.6 is 0 Å². The van der Waals surface area contributed by atoms with E-state index in [2.05, 4.69) is 17.1 Å². The number of nitrogens with zero attached hydrogens (tertiary/aromatic N) is 1. The third kappa shape index (κ3) is 10.6. The molecule has 0 aliphatic carbocycles. The number of anilines is 1. The van der Waals surface area contributed by atoms with Crippen LogP contribution in [0.25, 0.3) is 0 Å². The number of rotatable bonds is 14. The highest BCUT2D eigenvalue weighted by Crippen LogP contribution is 2.24. The standard InChI is InChI=1S/C24H40N2O3/c1-2-3-4-5-6-7-8-14-20-28-23-16-11-10-15-22(23)25-24(27)29-21-19-26-17-12-9-13-18-26/h10-11,15-16H,2-9,12-14,17-21H2,1H3,(H,25,27). The van der Waals surface area contributed by atoms with Crippen LogP contribution in [0.2, 0.25) is 0 Å². The molecule has 5 nitrogen and oxygen atoms in total. The van der Waals surface area contributed by atoms with Gasteiger partial charge in [0.15, 0.2) is 0 Å². The van der Waals surface area contributed by atoms with Crippen molar-refractivity contribution in [1.82, 2.24) is 4.90 Å². The molecule has 29 heavy (non-hydrogen) atoms. The highest BCUT2D eigenvalue weighted by Gasteiger charge is 2.12. The Bertz CT molecular complexity index is 559. The molecule has 1 amide bonds. The number of para-hydroxylation sites is 2. The number of carbonyl (C=O) groups is 1. The van der Waals surface area contributed by atoms with E-state index in [1.54, 1.807) is 0 Å². The monoisotopic (exact) mass is 404 g/mol. The number of hydrogen-bond acceptors (Lipinski definition) is 4. The van der Waals surface area contributed by atoms with Gasteiger partial charge in [0.05, 0.1) is 12.3 Å². The molecule has 5 heteroatoms. The van der Waals surface area contributed by atoms with Crippen LogP contribution in [0.3, 0.4) is 0 Å². The minimum absolute atomic E-state index is 0.412. The van der Waals surface area contributed by atoms with Gasteiger partial charge in [-0.15, -0.1) is 0 Å². The van der Waals surface area contributed by atoms with E-state index in [1.165, 1.54) is 64.2 Å². The average Bonchev–Trinajstić information content (AvgIpc) is 2.74. The number of nitrogens with one attached hydrogen (secondary N) is 1. The van der Waals surface area contributed by atoms with Crippen LogP contribution in [0.15, 0.2) is 24.3 Å². The Morgan fingerprint density at radius 2 is 1.62 bits per heavy atom. The van der Waals surface area contributed by atoms with Crippen LogP contribution in [0.1, 0.15) is 77.6 Å². The number of unbranched alkanes of at least 4 members (excludes halogenated alkanes) is 7. The van der Waals surface area contributed by atoms with Gasteiger partial charge in [0, 0.05) is 6.54 Å². The zero-order chi connectivity index (χ0) is 20.6. The molecule has 1 aromatic carbocycles. The summed E-state index contributed by atoms with van der Waals surface area (Å²) < 4.78 is 11.3. The van der Waals surface area contributed by atoms with Crippen molar-refractivity contribution in [3.05, 3.63) is 24.3 Å². The fraction of sp³-hybridized carbons (Fsp3) is 0.708. The minimum Gasteiger partial charge on any atom is -0.491 e.